The summed E-state index contributed by atoms with van der Waals surface area (Å²) in [4.78, 5) is 73.4. The number of unbranched alkanes of at least 4 members (excludes halogenated alkanes) is 1. The quantitative estimate of drug-likeness (QED) is 0.0904. The van der Waals surface area contributed by atoms with E-state index >= 15 is 0 Å². The number of likely N-dealkylation sites (N-methyl/N-ethyl adjacent to an activating group) is 1. The number of aliphatic carboxylic acids is 2. The predicted molar refractivity (Wildman–Crippen MR) is 178 cm³/mol. The van der Waals surface area contributed by atoms with Gasteiger partial charge in [0, 0.05) is 36.5 Å². The number of rotatable bonds is 15. The van der Waals surface area contributed by atoms with E-state index in [0.29, 0.717) is 37.2 Å². The third-order valence-electron chi connectivity index (χ3n) is 8.00. The van der Waals surface area contributed by atoms with Crippen LogP contribution in [0.5, 0.6) is 0 Å². The van der Waals surface area contributed by atoms with Gasteiger partial charge >= 0.3 is 18.0 Å². The molecule has 4 atom stereocenters. The number of urea groups is 1. The number of hydrogen-bond acceptors (Lipinski definition) is 8. The van der Waals surface area contributed by atoms with Gasteiger partial charge in [0.05, 0.1) is 11.0 Å². The SMILES string of the molecule is CN1CC(c2ccc(NC(=O)Nc3ccc([N+](=O)[O-])cc3)cc2)CC1C(=O)NC(CCCCC(NC(=O)CC(C)(C)C)C(=O)O)C(=O)O. The van der Waals surface area contributed by atoms with E-state index in [0.717, 1.165) is 5.56 Å². The van der Waals surface area contributed by atoms with Crippen molar-refractivity contribution in [1.82, 2.24) is 15.5 Å². The number of benzene rings is 2. The summed E-state index contributed by atoms with van der Waals surface area (Å²) < 4.78 is 0. The number of nitro groups is 1. The van der Waals surface area contributed by atoms with Gasteiger partial charge in [-0.2, -0.15) is 0 Å². The highest BCUT2D eigenvalue weighted by Gasteiger charge is 2.36. The number of likely N-dealkylation sites (tertiary alicyclic amines) is 1. The van der Waals surface area contributed by atoms with Crippen LogP contribution in [0.15, 0.2) is 48.5 Å². The van der Waals surface area contributed by atoms with Crippen LogP contribution >= 0.6 is 0 Å². The van der Waals surface area contributed by atoms with E-state index in [1.54, 1.807) is 19.2 Å². The van der Waals surface area contributed by atoms with E-state index < -0.39 is 46.9 Å². The monoisotopic (exact) mass is 668 g/mol. The first-order chi connectivity index (χ1) is 22.5. The van der Waals surface area contributed by atoms with Gasteiger partial charge < -0.3 is 31.5 Å². The average Bonchev–Trinajstić information content (AvgIpc) is 3.38. The van der Waals surface area contributed by atoms with Crippen LogP contribution in [-0.4, -0.2) is 81.5 Å². The Morgan fingerprint density at radius 3 is 1.85 bits per heavy atom. The molecule has 15 heteroatoms. The van der Waals surface area contributed by atoms with Crippen molar-refractivity contribution in [1.29, 1.82) is 0 Å². The first-order valence-electron chi connectivity index (χ1n) is 15.7. The zero-order valence-electron chi connectivity index (χ0n) is 27.5. The standard InChI is InChI=1S/C33H44N6O9/c1-33(2,3)18-28(40)36-25(30(42)43)7-5-6-8-26(31(44)45)37-29(41)27-17-21(19-38(27)4)20-9-11-22(12-10-20)34-32(46)35-23-13-15-24(16-14-23)39(47)48/h9-16,21,25-27H,5-8,17-19H2,1-4H3,(H,36,40)(H,37,41)(H,42,43)(H,44,45)(H2,34,35,46). The van der Waals surface area contributed by atoms with Crippen molar-refractivity contribution >= 4 is 46.8 Å². The number of carboxylic acids is 2. The molecular weight excluding hydrogens is 624 g/mol. The molecule has 3 rings (SSSR count). The van der Waals surface area contributed by atoms with Crippen LogP contribution in [0, 0.1) is 15.5 Å². The fourth-order valence-electron chi connectivity index (χ4n) is 5.55. The van der Waals surface area contributed by atoms with Crippen LogP contribution in [0.1, 0.15) is 70.8 Å². The third-order valence-corrected chi connectivity index (χ3v) is 8.00. The number of anilines is 2. The average molecular weight is 669 g/mol. The second-order valence-electron chi connectivity index (χ2n) is 13.3. The maximum Gasteiger partial charge on any atom is 0.326 e. The second kappa shape index (κ2) is 16.7. The van der Waals surface area contributed by atoms with Gasteiger partial charge in [0.1, 0.15) is 12.1 Å². The van der Waals surface area contributed by atoms with Gasteiger partial charge in [-0.25, -0.2) is 14.4 Å². The van der Waals surface area contributed by atoms with Gasteiger partial charge in [-0.15, -0.1) is 0 Å². The van der Waals surface area contributed by atoms with Crippen molar-refractivity contribution in [2.24, 2.45) is 5.41 Å². The largest absolute Gasteiger partial charge is 0.480 e. The van der Waals surface area contributed by atoms with E-state index in [1.807, 2.05) is 37.8 Å². The van der Waals surface area contributed by atoms with Crippen LogP contribution in [0.25, 0.3) is 0 Å². The molecule has 1 aliphatic heterocycles. The number of nitrogens with zero attached hydrogens (tertiary/aromatic N) is 2. The summed E-state index contributed by atoms with van der Waals surface area (Å²) in [6.07, 6.45) is 1.56. The van der Waals surface area contributed by atoms with Gasteiger partial charge in [-0.1, -0.05) is 45.7 Å². The summed E-state index contributed by atoms with van der Waals surface area (Å²) in [7, 11) is 1.79. The fraction of sp³-hybridized carbons (Fsp3) is 0.485. The highest BCUT2D eigenvalue weighted by atomic mass is 16.6. The van der Waals surface area contributed by atoms with Gasteiger partial charge in [0.25, 0.3) is 5.69 Å². The summed E-state index contributed by atoms with van der Waals surface area (Å²) in [6, 6.07) is 9.27. The highest BCUT2D eigenvalue weighted by Crippen LogP contribution is 2.32. The molecule has 0 radical (unpaired) electrons. The summed E-state index contributed by atoms with van der Waals surface area (Å²) >= 11 is 0. The minimum absolute atomic E-state index is 0.0153. The predicted octanol–water partition coefficient (Wildman–Crippen LogP) is 4.16. The first kappa shape index (κ1) is 37.4. The molecule has 4 unspecified atom stereocenters. The topological polar surface area (TPSA) is 220 Å². The van der Waals surface area contributed by atoms with E-state index in [2.05, 4.69) is 21.3 Å². The molecule has 0 bridgehead atoms. The lowest BCUT2D eigenvalue weighted by Gasteiger charge is -2.22. The van der Waals surface area contributed by atoms with Gasteiger partial charge in [0.15, 0.2) is 0 Å². The number of nitrogens with one attached hydrogen (secondary N) is 4. The van der Waals surface area contributed by atoms with Crippen LogP contribution in [-0.2, 0) is 19.2 Å². The van der Waals surface area contributed by atoms with Gasteiger partial charge in [-0.3, -0.25) is 24.6 Å². The van der Waals surface area contributed by atoms with E-state index in [-0.39, 0.29) is 42.2 Å². The molecule has 0 saturated carbocycles. The molecule has 4 amide bonds. The molecule has 1 heterocycles. The number of amides is 4. The zero-order chi connectivity index (χ0) is 35.6. The number of carbonyl (C=O) groups excluding carboxylic acids is 3. The molecule has 1 fully saturated rings. The Labute approximate surface area is 278 Å². The number of carbonyl (C=O) groups is 5. The first-order valence-corrected chi connectivity index (χ1v) is 15.7. The fourth-order valence-corrected chi connectivity index (χ4v) is 5.55. The minimum atomic E-state index is -1.19. The summed E-state index contributed by atoms with van der Waals surface area (Å²) in [5.41, 5.74) is 1.47. The van der Waals surface area contributed by atoms with E-state index in [9.17, 15) is 44.3 Å². The number of carboxylic acid groups (broad SMARTS) is 2. The van der Waals surface area contributed by atoms with Gasteiger partial charge in [-0.05, 0) is 67.5 Å². The Morgan fingerprint density at radius 1 is 0.875 bits per heavy atom. The Balaban J connectivity index is 1.48. The molecule has 0 aliphatic carbocycles. The lowest BCUT2D eigenvalue weighted by molar-refractivity contribution is -0.384. The molecule has 0 spiro atoms. The molecule has 2 aromatic carbocycles. The smallest absolute Gasteiger partial charge is 0.326 e. The minimum Gasteiger partial charge on any atom is -0.480 e. The van der Waals surface area contributed by atoms with Crippen LogP contribution in [0.3, 0.4) is 0 Å². The van der Waals surface area contributed by atoms with Crippen LogP contribution in [0.2, 0.25) is 0 Å². The number of hydrogen-bond donors (Lipinski definition) is 6. The molecular formula is C33H44N6O9. The zero-order valence-corrected chi connectivity index (χ0v) is 27.5. The summed E-state index contributed by atoms with van der Waals surface area (Å²) in [5, 5.41) is 40.5. The molecule has 0 aromatic heterocycles. The van der Waals surface area contributed by atoms with Crippen molar-refractivity contribution < 1.29 is 39.1 Å². The van der Waals surface area contributed by atoms with E-state index in [4.69, 9.17) is 0 Å². The molecule has 15 nitrogen and oxygen atoms in total. The summed E-state index contributed by atoms with van der Waals surface area (Å²) in [5.74, 6) is -3.13. The molecule has 2 aromatic rings. The Kier molecular flexibility index (Phi) is 13.0. The van der Waals surface area contributed by atoms with Crippen molar-refractivity contribution in [2.75, 3.05) is 24.2 Å². The maximum atomic E-state index is 13.2. The Hall–Kier alpha value is -5.05. The molecule has 6 N–H and O–H groups in total. The van der Waals surface area contributed by atoms with Crippen molar-refractivity contribution in [3.63, 3.8) is 0 Å². The Morgan fingerprint density at radius 2 is 1.38 bits per heavy atom. The molecule has 260 valence electrons. The number of nitro benzene ring substituents is 1. The highest BCUT2D eigenvalue weighted by molar-refractivity contribution is 5.99. The summed E-state index contributed by atoms with van der Waals surface area (Å²) in [6.45, 7) is 6.18. The second-order valence-corrected chi connectivity index (χ2v) is 13.3. The number of non-ortho nitro benzene ring substituents is 1. The van der Waals surface area contributed by atoms with Crippen molar-refractivity contribution in [2.45, 2.75) is 83.3 Å². The Bertz CT molecular complexity index is 1470. The molecule has 1 aliphatic rings. The maximum absolute atomic E-state index is 13.2. The van der Waals surface area contributed by atoms with E-state index in [1.165, 1.54) is 24.3 Å². The van der Waals surface area contributed by atoms with Crippen molar-refractivity contribution in [3.8, 4) is 0 Å². The normalized spacial score (nSPS) is 17.5. The van der Waals surface area contributed by atoms with Crippen molar-refractivity contribution in [3.05, 3.63) is 64.2 Å². The molecule has 48 heavy (non-hydrogen) atoms. The van der Waals surface area contributed by atoms with Gasteiger partial charge in [0.2, 0.25) is 11.8 Å². The lowest BCUT2D eigenvalue weighted by atomic mass is 9.91. The molecule has 1 saturated heterocycles. The third kappa shape index (κ3) is 11.6. The van der Waals surface area contributed by atoms with Crippen LogP contribution in [0.4, 0.5) is 21.9 Å². The van der Waals surface area contributed by atoms with Crippen LogP contribution < -0.4 is 21.3 Å². The lowest BCUT2D eigenvalue weighted by Crippen LogP contribution is -2.48.